The van der Waals surface area contributed by atoms with Gasteiger partial charge in [0.05, 0.1) is 12.7 Å². The summed E-state index contributed by atoms with van der Waals surface area (Å²) in [5, 5.41) is 0. The van der Waals surface area contributed by atoms with Gasteiger partial charge in [0.25, 0.3) is 0 Å². The van der Waals surface area contributed by atoms with Crippen LogP contribution in [0.15, 0.2) is 24.3 Å². The molecule has 0 radical (unpaired) electrons. The number of methoxy groups -OCH3 is 1. The lowest BCUT2D eigenvalue weighted by Gasteiger charge is -2.36. The van der Waals surface area contributed by atoms with Crippen molar-refractivity contribution in [3.8, 4) is 5.75 Å². The maximum atomic E-state index is 5.72. The monoisotopic (exact) mass is 278 g/mol. The van der Waals surface area contributed by atoms with E-state index < -0.39 is 0 Å². The Balaban J connectivity index is 1.66. The van der Waals surface area contributed by atoms with Crippen LogP contribution in [0.25, 0.3) is 0 Å². The van der Waals surface area contributed by atoms with Crippen molar-refractivity contribution in [2.45, 2.75) is 25.9 Å². The smallest absolute Gasteiger partial charge is 0.121 e. The Morgan fingerprint density at radius 1 is 1.40 bits per heavy atom. The van der Waals surface area contributed by atoms with Crippen LogP contribution >= 0.6 is 0 Å². The van der Waals surface area contributed by atoms with Crippen LogP contribution in [0.4, 0.5) is 5.69 Å². The summed E-state index contributed by atoms with van der Waals surface area (Å²) < 4.78 is 11.2. The van der Waals surface area contributed by atoms with Gasteiger partial charge in [0.15, 0.2) is 0 Å². The van der Waals surface area contributed by atoms with Crippen LogP contribution in [-0.2, 0) is 4.74 Å². The molecule has 0 saturated carbocycles. The molecular weight excluding hydrogens is 252 g/mol. The van der Waals surface area contributed by atoms with E-state index in [2.05, 4.69) is 11.8 Å². The standard InChI is InChI=1S/C16H26N2O2/c1-13-7-9-18(12-16(13)19-2)8-4-10-20-15-6-3-5-14(17)11-15/h3,5-6,11,13,16H,4,7-10,12,17H2,1-2H3. The molecule has 0 spiro atoms. The second-order valence-electron chi connectivity index (χ2n) is 5.62. The van der Waals surface area contributed by atoms with Gasteiger partial charge in [0.2, 0.25) is 0 Å². The van der Waals surface area contributed by atoms with Gasteiger partial charge in [-0.2, -0.15) is 0 Å². The molecule has 2 N–H and O–H groups in total. The molecule has 2 atom stereocenters. The summed E-state index contributed by atoms with van der Waals surface area (Å²) in [6, 6.07) is 7.59. The highest BCUT2D eigenvalue weighted by atomic mass is 16.5. The van der Waals surface area contributed by atoms with E-state index in [1.165, 1.54) is 13.0 Å². The van der Waals surface area contributed by atoms with Crippen LogP contribution < -0.4 is 10.5 Å². The number of anilines is 1. The number of ether oxygens (including phenoxy) is 2. The Labute approximate surface area is 121 Å². The first-order valence-electron chi connectivity index (χ1n) is 7.42. The number of nitrogens with two attached hydrogens (primary N) is 1. The van der Waals surface area contributed by atoms with E-state index in [-0.39, 0.29) is 0 Å². The molecule has 1 aliphatic rings. The van der Waals surface area contributed by atoms with E-state index in [1.54, 1.807) is 0 Å². The molecule has 1 saturated heterocycles. The minimum atomic E-state index is 0.374. The largest absolute Gasteiger partial charge is 0.493 e. The first-order chi connectivity index (χ1) is 9.69. The molecular formula is C16H26N2O2. The van der Waals surface area contributed by atoms with Crippen molar-refractivity contribution in [3.63, 3.8) is 0 Å². The summed E-state index contributed by atoms with van der Waals surface area (Å²) >= 11 is 0. The van der Waals surface area contributed by atoms with Gasteiger partial charge in [-0.1, -0.05) is 13.0 Å². The van der Waals surface area contributed by atoms with E-state index >= 15 is 0 Å². The SMILES string of the molecule is COC1CN(CCCOc2cccc(N)c2)CCC1C. The molecule has 1 fully saturated rings. The average Bonchev–Trinajstić information content (AvgIpc) is 2.45. The number of nitrogen functional groups attached to an aromatic ring is 1. The van der Waals surface area contributed by atoms with Crippen LogP contribution in [0.1, 0.15) is 19.8 Å². The molecule has 1 heterocycles. The maximum Gasteiger partial charge on any atom is 0.121 e. The molecule has 0 bridgehead atoms. The number of nitrogens with zero attached hydrogens (tertiary/aromatic N) is 1. The Hall–Kier alpha value is -1.26. The highest BCUT2D eigenvalue weighted by Gasteiger charge is 2.25. The molecule has 4 nitrogen and oxygen atoms in total. The molecule has 1 aromatic carbocycles. The van der Waals surface area contributed by atoms with Crippen LogP contribution in [0.3, 0.4) is 0 Å². The third kappa shape index (κ3) is 4.39. The van der Waals surface area contributed by atoms with Crippen molar-refractivity contribution in [2.24, 2.45) is 5.92 Å². The summed E-state index contributed by atoms with van der Waals surface area (Å²) in [5.74, 6) is 1.52. The van der Waals surface area contributed by atoms with E-state index in [9.17, 15) is 0 Å². The van der Waals surface area contributed by atoms with Gasteiger partial charge in [-0.3, -0.25) is 0 Å². The molecule has 2 unspecified atom stereocenters. The fraction of sp³-hybridized carbons (Fsp3) is 0.625. The lowest BCUT2D eigenvalue weighted by Crippen LogP contribution is -2.44. The van der Waals surface area contributed by atoms with Crippen molar-refractivity contribution >= 4 is 5.69 Å². The molecule has 0 amide bonds. The van der Waals surface area contributed by atoms with Gasteiger partial charge < -0.3 is 20.1 Å². The first-order valence-corrected chi connectivity index (χ1v) is 7.42. The van der Waals surface area contributed by atoms with Crippen LogP contribution in [0.5, 0.6) is 5.75 Å². The van der Waals surface area contributed by atoms with Crippen molar-refractivity contribution in [1.82, 2.24) is 4.90 Å². The number of rotatable bonds is 6. The molecule has 0 aromatic heterocycles. The van der Waals surface area contributed by atoms with Gasteiger partial charge in [0, 0.05) is 32.0 Å². The summed E-state index contributed by atoms with van der Waals surface area (Å²) in [6.45, 7) is 6.27. The zero-order valence-corrected chi connectivity index (χ0v) is 12.5. The summed E-state index contributed by atoms with van der Waals surface area (Å²) in [5.41, 5.74) is 6.47. The minimum Gasteiger partial charge on any atom is -0.493 e. The summed E-state index contributed by atoms with van der Waals surface area (Å²) in [7, 11) is 1.81. The quantitative estimate of drug-likeness (QED) is 0.641. The second-order valence-corrected chi connectivity index (χ2v) is 5.62. The number of piperidine rings is 1. The molecule has 4 heteroatoms. The fourth-order valence-electron chi connectivity index (χ4n) is 2.69. The number of likely N-dealkylation sites (tertiary alicyclic amines) is 1. The lowest BCUT2D eigenvalue weighted by molar-refractivity contribution is -0.00592. The van der Waals surface area contributed by atoms with Gasteiger partial charge in [-0.15, -0.1) is 0 Å². The Morgan fingerprint density at radius 2 is 2.25 bits per heavy atom. The van der Waals surface area contributed by atoms with Gasteiger partial charge in [0.1, 0.15) is 5.75 Å². The zero-order chi connectivity index (χ0) is 14.4. The minimum absolute atomic E-state index is 0.374. The van der Waals surface area contributed by atoms with Crippen LogP contribution in [0, 0.1) is 5.92 Å². The second kappa shape index (κ2) is 7.50. The van der Waals surface area contributed by atoms with E-state index in [1.807, 2.05) is 31.4 Å². The fourth-order valence-corrected chi connectivity index (χ4v) is 2.69. The molecule has 112 valence electrons. The highest BCUT2D eigenvalue weighted by molar-refractivity contribution is 5.43. The van der Waals surface area contributed by atoms with Gasteiger partial charge in [-0.25, -0.2) is 0 Å². The highest BCUT2D eigenvalue weighted by Crippen LogP contribution is 2.19. The Bertz CT molecular complexity index is 411. The van der Waals surface area contributed by atoms with Crippen LogP contribution in [-0.4, -0.2) is 44.4 Å². The van der Waals surface area contributed by atoms with Crippen molar-refractivity contribution < 1.29 is 9.47 Å². The number of benzene rings is 1. The third-order valence-corrected chi connectivity index (χ3v) is 4.02. The van der Waals surface area contributed by atoms with E-state index in [0.717, 1.165) is 37.6 Å². The topological polar surface area (TPSA) is 47.7 Å². The Morgan fingerprint density at radius 3 is 3.00 bits per heavy atom. The summed E-state index contributed by atoms with van der Waals surface area (Å²) in [4.78, 5) is 2.47. The normalized spacial score (nSPS) is 23.7. The lowest BCUT2D eigenvalue weighted by atomic mass is 9.96. The molecule has 2 rings (SSSR count). The number of hydrogen-bond donors (Lipinski definition) is 1. The first kappa shape index (κ1) is 15.1. The third-order valence-electron chi connectivity index (χ3n) is 4.02. The van der Waals surface area contributed by atoms with Crippen molar-refractivity contribution in [1.29, 1.82) is 0 Å². The summed E-state index contributed by atoms with van der Waals surface area (Å²) in [6.07, 6.45) is 2.62. The number of hydrogen-bond acceptors (Lipinski definition) is 4. The Kier molecular flexibility index (Phi) is 5.68. The molecule has 1 aromatic rings. The van der Waals surface area contributed by atoms with Gasteiger partial charge in [-0.05, 0) is 37.4 Å². The molecule has 20 heavy (non-hydrogen) atoms. The zero-order valence-electron chi connectivity index (χ0n) is 12.5. The van der Waals surface area contributed by atoms with Crippen molar-refractivity contribution in [3.05, 3.63) is 24.3 Å². The molecule has 1 aliphatic heterocycles. The molecule has 0 aliphatic carbocycles. The van der Waals surface area contributed by atoms with E-state index in [4.69, 9.17) is 15.2 Å². The maximum absolute atomic E-state index is 5.72. The van der Waals surface area contributed by atoms with Crippen molar-refractivity contribution in [2.75, 3.05) is 39.1 Å². The van der Waals surface area contributed by atoms with Gasteiger partial charge >= 0.3 is 0 Å². The average molecular weight is 278 g/mol. The van der Waals surface area contributed by atoms with E-state index in [0.29, 0.717) is 12.0 Å². The predicted molar refractivity (Wildman–Crippen MR) is 82.0 cm³/mol. The van der Waals surface area contributed by atoms with Crippen LogP contribution in [0.2, 0.25) is 0 Å². The predicted octanol–water partition coefficient (Wildman–Crippen LogP) is 2.39.